The standard InChI is InChI=1S/C13H14F3N3OS2/c1-12(2)7-19(11(22)18-12)10(21)17-8-3-5-9(6-4-8)20-13(14,15)16/h3-6H,7H2,1-2H3,(H,17,21)(H,18,22). The third-order valence-corrected chi connectivity index (χ3v) is 3.47. The van der Waals surface area contributed by atoms with Crippen LogP contribution in [0.3, 0.4) is 0 Å². The maximum atomic E-state index is 12.1. The molecule has 1 saturated heterocycles. The number of nitrogens with zero attached hydrogens (tertiary/aromatic N) is 1. The molecule has 1 aromatic carbocycles. The van der Waals surface area contributed by atoms with Crippen molar-refractivity contribution in [3.8, 4) is 5.75 Å². The maximum Gasteiger partial charge on any atom is 0.573 e. The van der Waals surface area contributed by atoms with E-state index in [1.165, 1.54) is 24.3 Å². The molecule has 0 radical (unpaired) electrons. The summed E-state index contributed by atoms with van der Waals surface area (Å²) >= 11 is 10.5. The predicted octanol–water partition coefficient (Wildman–Crippen LogP) is 3.25. The fourth-order valence-electron chi connectivity index (χ4n) is 1.96. The van der Waals surface area contributed by atoms with Crippen LogP contribution in [0.15, 0.2) is 24.3 Å². The molecular weight excluding hydrogens is 335 g/mol. The van der Waals surface area contributed by atoms with Gasteiger partial charge in [0.25, 0.3) is 0 Å². The summed E-state index contributed by atoms with van der Waals surface area (Å²) in [7, 11) is 0. The number of hydrogen-bond acceptors (Lipinski definition) is 3. The Labute approximate surface area is 136 Å². The molecule has 1 aliphatic rings. The molecule has 1 aromatic rings. The van der Waals surface area contributed by atoms with Crippen LogP contribution in [-0.4, -0.2) is 33.6 Å². The average molecular weight is 349 g/mol. The summed E-state index contributed by atoms with van der Waals surface area (Å²) < 4.78 is 40.1. The van der Waals surface area contributed by atoms with Crippen molar-refractivity contribution in [1.29, 1.82) is 0 Å². The minimum atomic E-state index is -4.71. The van der Waals surface area contributed by atoms with Crippen LogP contribution < -0.4 is 15.4 Å². The molecule has 0 amide bonds. The maximum absolute atomic E-state index is 12.1. The number of ether oxygens (including phenoxy) is 1. The van der Waals surface area contributed by atoms with Crippen molar-refractivity contribution in [2.75, 3.05) is 11.9 Å². The average Bonchev–Trinajstić information content (AvgIpc) is 2.63. The van der Waals surface area contributed by atoms with Crippen LogP contribution >= 0.6 is 24.4 Å². The van der Waals surface area contributed by atoms with Gasteiger partial charge >= 0.3 is 6.36 Å². The number of halogens is 3. The molecule has 0 aliphatic carbocycles. The van der Waals surface area contributed by atoms with Gasteiger partial charge in [0.1, 0.15) is 5.75 Å². The summed E-state index contributed by atoms with van der Waals surface area (Å²) in [6.45, 7) is 4.59. The van der Waals surface area contributed by atoms with Crippen molar-refractivity contribution < 1.29 is 17.9 Å². The first kappa shape index (κ1) is 16.8. The lowest BCUT2D eigenvalue weighted by molar-refractivity contribution is -0.274. The molecule has 120 valence electrons. The van der Waals surface area contributed by atoms with E-state index in [2.05, 4.69) is 15.4 Å². The van der Waals surface area contributed by atoms with Crippen molar-refractivity contribution in [2.24, 2.45) is 0 Å². The van der Waals surface area contributed by atoms with Crippen molar-refractivity contribution in [3.05, 3.63) is 24.3 Å². The van der Waals surface area contributed by atoms with E-state index in [4.69, 9.17) is 24.4 Å². The number of alkyl halides is 3. The van der Waals surface area contributed by atoms with Crippen LogP contribution in [-0.2, 0) is 0 Å². The molecule has 1 aliphatic heterocycles. The van der Waals surface area contributed by atoms with Crippen LogP contribution in [0.1, 0.15) is 13.8 Å². The van der Waals surface area contributed by atoms with Gasteiger partial charge in [-0.1, -0.05) is 0 Å². The van der Waals surface area contributed by atoms with E-state index in [0.717, 1.165) is 0 Å². The van der Waals surface area contributed by atoms with Crippen molar-refractivity contribution in [2.45, 2.75) is 25.7 Å². The van der Waals surface area contributed by atoms with Gasteiger partial charge in [0.2, 0.25) is 0 Å². The molecule has 4 nitrogen and oxygen atoms in total. The number of nitrogens with one attached hydrogen (secondary N) is 2. The molecule has 0 aromatic heterocycles. The lowest BCUT2D eigenvalue weighted by Gasteiger charge is -2.20. The van der Waals surface area contributed by atoms with Gasteiger partial charge in [0.15, 0.2) is 10.2 Å². The Morgan fingerprint density at radius 1 is 1.32 bits per heavy atom. The molecule has 22 heavy (non-hydrogen) atoms. The molecule has 0 saturated carbocycles. The molecule has 2 rings (SSSR count). The topological polar surface area (TPSA) is 36.5 Å². The van der Waals surface area contributed by atoms with Gasteiger partial charge in [-0.3, -0.25) is 4.90 Å². The number of anilines is 1. The Bertz CT molecular complexity index is 587. The van der Waals surface area contributed by atoms with Gasteiger partial charge in [-0.05, 0) is 62.5 Å². The highest BCUT2D eigenvalue weighted by molar-refractivity contribution is 7.82. The number of benzene rings is 1. The first-order chi connectivity index (χ1) is 10.1. The minimum absolute atomic E-state index is 0.187. The van der Waals surface area contributed by atoms with Crippen LogP contribution in [0.5, 0.6) is 5.75 Å². The van der Waals surface area contributed by atoms with E-state index < -0.39 is 6.36 Å². The smallest absolute Gasteiger partial charge is 0.406 e. The number of rotatable bonds is 2. The molecule has 0 bridgehead atoms. The summed E-state index contributed by atoms with van der Waals surface area (Å²) in [5.41, 5.74) is 0.361. The number of thiocarbonyl (C=S) groups is 2. The Morgan fingerprint density at radius 2 is 1.91 bits per heavy atom. The zero-order chi connectivity index (χ0) is 16.5. The monoisotopic (exact) mass is 349 g/mol. The van der Waals surface area contributed by atoms with E-state index in [1.54, 1.807) is 4.90 Å². The summed E-state index contributed by atoms with van der Waals surface area (Å²) in [5.74, 6) is -0.288. The summed E-state index contributed by atoms with van der Waals surface area (Å²) in [5, 5.41) is 6.96. The second kappa shape index (κ2) is 5.88. The highest BCUT2D eigenvalue weighted by Crippen LogP contribution is 2.24. The Hall–Kier alpha value is -1.61. The second-order valence-corrected chi connectivity index (χ2v) is 6.18. The first-order valence-electron chi connectivity index (χ1n) is 6.32. The molecule has 1 fully saturated rings. The van der Waals surface area contributed by atoms with E-state index in [0.29, 0.717) is 22.5 Å². The highest BCUT2D eigenvalue weighted by atomic mass is 32.1. The molecule has 2 N–H and O–H groups in total. The van der Waals surface area contributed by atoms with Crippen LogP contribution in [0.4, 0.5) is 18.9 Å². The van der Waals surface area contributed by atoms with Crippen LogP contribution in [0.2, 0.25) is 0 Å². The van der Waals surface area contributed by atoms with E-state index in [1.807, 2.05) is 13.8 Å². The Morgan fingerprint density at radius 3 is 2.36 bits per heavy atom. The third kappa shape index (κ3) is 4.44. The molecule has 0 spiro atoms. The van der Waals surface area contributed by atoms with Gasteiger partial charge in [0.05, 0.1) is 12.1 Å². The van der Waals surface area contributed by atoms with E-state index in [-0.39, 0.29) is 11.3 Å². The van der Waals surface area contributed by atoms with E-state index in [9.17, 15) is 13.2 Å². The van der Waals surface area contributed by atoms with Gasteiger partial charge in [-0.2, -0.15) is 0 Å². The third-order valence-electron chi connectivity index (χ3n) is 2.83. The predicted molar refractivity (Wildman–Crippen MR) is 85.9 cm³/mol. The quantitative estimate of drug-likeness (QED) is 0.799. The van der Waals surface area contributed by atoms with Crippen molar-refractivity contribution in [3.63, 3.8) is 0 Å². The van der Waals surface area contributed by atoms with Gasteiger partial charge < -0.3 is 15.4 Å². The first-order valence-corrected chi connectivity index (χ1v) is 7.14. The second-order valence-electron chi connectivity index (χ2n) is 5.40. The van der Waals surface area contributed by atoms with Crippen molar-refractivity contribution in [1.82, 2.24) is 10.2 Å². The zero-order valence-corrected chi connectivity index (χ0v) is 13.5. The SMILES string of the molecule is CC1(C)CN(C(=S)Nc2ccc(OC(F)(F)F)cc2)C(=S)N1. The van der Waals surface area contributed by atoms with Crippen LogP contribution in [0.25, 0.3) is 0 Å². The molecular formula is C13H14F3N3OS2. The molecule has 0 unspecified atom stereocenters. The molecule has 1 heterocycles. The Kier molecular flexibility index (Phi) is 4.48. The van der Waals surface area contributed by atoms with Gasteiger partial charge in [-0.15, -0.1) is 13.2 Å². The van der Waals surface area contributed by atoms with E-state index >= 15 is 0 Å². The van der Waals surface area contributed by atoms with Gasteiger partial charge in [-0.25, -0.2) is 0 Å². The fourth-order valence-corrected chi connectivity index (χ4v) is 2.72. The lowest BCUT2D eigenvalue weighted by Crippen LogP contribution is -2.37. The normalized spacial score (nSPS) is 17.1. The minimum Gasteiger partial charge on any atom is -0.406 e. The Balaban J connectivity index is 1.99. The summed E-state index contributed by atoms with van der Waals surface area (Å²) in [6, 6.07) is 5.32. The zero-order valence-electron chi connectivity index (χ0n) is 11.8. The number of hydrogen-bond donors (Lipinski definition) is 2. The fraction of sp³-hybridized carbons (Fsp3) is 0.385. The molecule has 9 heteroatoms. The summed E-state index contributed by atoms with van der Waals surface area (Å²) in [4.78, 5) is 1.73. The van der Waals surface area contributed by atoms with Crippen LogP contribution in [0, 0.1) is 0 Å². The summed E-state index contributed by atoms with van der Waals surface area (Å²) in [6.07, 6.45) is -4.71. The highest BCUT2D eigenvalue weighted by Gasteiger charge is 2.34. The molecule has 0 atom stereocenters. The largest absolute Gasteiger partial charge is 0.573 e. The van der Waals surface area contributed by atoms with Gasteiger partial charge in [0, 0.05) is 5.69 Å². The lowest BCUT2D eigenvalue weighted by atomic mass is 10.1. The van der Waals surface area contributed by atoms with Crippen molar-refractivity contribution >= 4 is 40.3 Å².